The molecular weight excluding hydrogens is 375 g/mol. The van der Waals surface area contributed by atoms with Gasteiger partial charge in [-0.2, -0.15) is 18.3 Å². The summed E-state index contributed by atoms with van der Waals surface area (Å²) in [5.41, 5.74) is -0.0737. The lowest BCUT2D eigenvalue weighted by Gasteiger charge is -2.12. The average Bonchev–Trinajstić information content (AvgIpc) is 3.12. The van der Waals surface area contributed by atoms with E-state index >= 15 is 0 Å². The van der Waals surface area contributed by atoms with Crippen LogP contribution in [0.5, 0.6) is 5.88 Å². The zero-order chi connectivity index (χ0) is 20.3. The summed E-state index contributed by atoms with van der Waals surface area (Å²) < 4.78 is 46.3. The summed E-state index contributed by atoms with van der Waals surface area (Å²) in [6, 6.07) is 9.91. The number of nitrogens with zero attached hydrogens (tertiary/aromatic N) is 4. The molecule has 1 N–H and O–H groups in total. The van der Waals surface area contributed by atoms with E-state index in [4.69, 9.17) is 4.74 Å². The topological polar surface area (TPSA) is 81.9 Å². The second-order valence-electron chi connectivity index (χ2n) is 5.92. The van der Waals surface area contributed by atoms with Crippen molar-refractivity contribution in [3.63, 3.8) is 0 Å². The van der Waals surface area contributed by atoms with Crippen molar-refractivity contribution < 1.29 is 22.7 Å². The lowest BCUT2D eigenvalue weighted by molar-refractivity contribution is -0.143. The molecule has 0 fully saturated rings. The Kier molecular flexibility index (Phi) is 5.30. The molecule has 3 aromatic rings. The van der Waals surface area contributed by atoms with Crippen molar-refractivity contribution in [1.82, 2.24) is 25.3 Å². The van der Waals surface area contributed by atoms with E-state index in [1.807, 2.05) is 19.1 Å². The van der Waals surface area contributed by atoms with E-state index in [1.54, 1.807) is 12.1 Å². The molecule has 0 atom stereocenters. The first-order chi connectivity index (χ1) is 13.3. The van der Waals surface area contributed by atoms with Crippen LogP contribution in [0.25, 0.3) is 5.82 Å². The van der Waals surface area contributed by atoms with E-state index in [0.717, 1.165) is 17.3 Å². The van der Waals surface area contributed by atoms with E-state index in [2.05, 4.69) is 20.6 Å². The third-order valence-corrected chi connectivity index (χ3v) is 3.87. The summed E-state index contributed by atoms with van der Waals surface area (Å²) in [7, 11) is 1.36. The van der Waals surface area contributed by atoms with Gasteiger partial charge in [0.15, 0.2) is 11.5 Å². The van der Waals surface area contributed by atoms with Crippen LogP contribution in [0.3, 0.4) is 0 Å². The molecule has 7 nitrogen and oxygen atoms in total. The van der Waals surface area contributed by atoms with Crippen LogP contribution in [0, 0.1) is 6.92 Å². The Bertz CT molecular complexity index is 984. The number of carbonyl (C=O) groups excluding carboxylic acids is 1. The predicted octanol–water partition coefficient (Wildman–Crippen LogP) is 2.93. The summed E-state index contributed by atoms with van der Waals surface area (Å²) in [4.78, 5) is 12.4. The van der Waals surface area contributed by atoms with Gasteiger partial charge in [0, 0.05) is 12.6 Å². The number of ether oxygens (including phenoxy) is 1. The molecule has 0 saturated heterocycles. The van der Waals surface area contributed by atoms with Crippen molar-refractivity contribution in [2.45, 2.75) is 19.6 Å². The first-order valence-corrected chi connectivity index (χ1v) is 8.16. The maximum absolute atomic E-state index is 13.6. The van der Waals surface area contributed by atoms with Gasteiger partial charge in [0.1, 0.15) is 0 Å². The molecule has 0 unspecified atom stereocenters. The second-order valence-corrected chi connectivity index (χ2v) is 5.92. The number of rotatable bonds is 5. The molecule has 3 rings (SSSR count). The van der Waals surface area contributed by atoms with E-state index in [0.29, 0.717) is 4.68 Å². The maximum atomic E-state index is 13.6. The molecular formula is C18H16F3N5O2. The molecule has 10 heteroatoms. The maximum Gasteiger partial charge on any atom is 0.434 e. The molecule has 2 aromatic heterocycles. The fourth-order valence-electron chi connectivity index (χ4n) is 2.60. The van der Waals surface area contributed by atoms with Crippen LogP contribution in [0.4, 0.5) is 13.2 Å². The highest BCUT2D eigenvalue weighted by molar-refractivity contribution is 5.95. The Hall–Kier alpha value is -3.43. The Morgan fingerprint density at radius 3 is 2.61 bits per heavy atom. The number of methoxy groups -OCH3 is 1. The third-order valence-electron chi connectivity index (χ3n) is 3.87. The lowest BCUT2D eigenvalue weighted by Crippen LogP contribution is -2.26. The van der Waals surface area contributed by atoms with Crippen LogP contribution in [0.1, 0.15) is 27.2 Å². The first-order valence-electron chi connectivity index (χ1n) is 8.16. The summed E-state index contributed by atoms with van der Waals surface area (Å²) in [5, 5.41) is 13.5. The van der Waals surface area contributed by atoms with Crippen molar-refractivity contribution in [3.8, 4) is 11.7 Å². The van der Waals surface area contributed by atoms with Gasteiger partial charge in [0.25, 0.3) is 5.91 Å². The first kappa shape index (κ1) is 19.3. The van der Waals surface area contributed by atoms with Crippen LogP contribution in [0.15, 0.2) is 42.6 Å². The number of halogens is 3. The van der Waals surface area contributed by atoms with Gasteiger partial charge < -0.3 is 10.1 Å². The van der Waals surface area contributed by atoms with Gasteiger partial charge in [-0.1, -0.05) is 29.8 Å². The van der Waals surface area contributed by atoms with Gasteiger partial charge >= 0.3 is 6.18 Å². The molecule has 0 aliphatic heterocycles. The zero-order valence-corrected chi connectivity index (χ0v) is 15.0. The van der Waals surface area contributed by atoms with Gasteiger partial charge in [0.05, 0.1) is 18.9 Å². The number of hydrogen-bond donors (Lipinski definition) is 1. The minimum absolute atomic E-state index is 0.0886. The number of aromatic nitrogens is 4. The Labute approximate surface area is 158 Å². The number of carbonyl (C=O) groups is 1. The van der Waals surface area contributed by atoms with Crippen LogP contribution in [-0.2, 0) is 12.7 Å². The lowest BCUT2D eigenvalue weighted by atomic mass is 10.1. The van der Waals surface area contributed by atoms with Crippen LogP contribution in [0.2, 0.25) is 0 Å². The van der Waals surface area contributed by atoms with Crippen molar-refractivity contribution in [2.75, 3.05) is 7.11 Å². The molecule has 1 aromatic carbocycles. The fraction of sp³-hybridized carbons (Fsp3) is 0.222. The van der Waals surface area contributed by atoms with E-state index < -0.39 is 23.3 Å². The smallest absolute Gasteiger partial charge is 0.434 e. The average molecular weight is 391 g/mol. The summed E-state index contributed by atoms with van der Waals surface area (Å²) in [6.45, 7) is 1.97. The number of benzene rings is 1. The molecule has 0 spiro atoms. The van der Waals surface area contributed by atoms with Crippen LogP contribution in [-0.4, -0.2) is 33.0 Å². The highest BCUT2D eigenvalue weighted by Crippen LogP contribution is 2.33. The normalized spacial score (nSPS) is 11.3. The van der Waals surface area contributed by atoms with Gasteiger partial charge in [-0.05, 0) is 18.6 Å². The van der Waals surface area contributed by atoms with E-state index in [1.165, 1.54) is 19.2 Å². The predicted molar refractivity (Wildman–Crippen MR) is 93.1 cm³/mol. The fourth-order valence-corrected chi connectivity index (χ4v) is 2.60. The minimum atomic E-state index is -4.83. The molecule has 0 radical (unpaired) electrons. The molecule has 2 heterocycles. The molecule has 0 aliphatic carbocycles. The molecule has 0 bridgehead atoms. The molecule has 0 saturated carbocycles. The van der Waals surface area contributed by atoms with Gasteiger partial charge in [0.2, 0.25) is 5.88 Å². The Morgan fingerprint density at radius 1 is 1.21 bits per heavy atom. The van der Waals surface area contributed by atoms with E-state index in [-0.39, 0.29) is 18.2 Å². The third kappa shape index (κ3) is 4.11. The van der Waals surface area contributed by atoms with Crippen molar-refractivity contribution in [3.05, 3.63) is 65.0 Å². The van der Waals surface area contributed by atoms with Crippen molar-refractivity contribution in [1.29, 1.82) is 0 Å². The van der Waals surface area contributed by atoms with Crippen LogP contribution >= 0.6 is 0 Å². The Morgan fingerprint density at radius 2 is 2.00 bits per heavy atom. The number of nitrogens with one attached hydrogen (secondary N) is 1. The van der Waals surface area contributed by atoms with Gasteiger partial charge in [-0.3, -0.25) is 4.79 Å². The molecule has 28 heavy (non-hydrogen) atoms. The zero-order valence-electron chi connectivity index (χ0n) is 15.0. The monoisotopic (exact) mass is 391 g/mol. The second kappa shape index (κ2) is 7.67. The summed E-state index contributed by atoms with van der Waals surface area (Å²) >= 11 is 0. The number of hydrogen-bond acceptors (Lipinski definition) is 5. The minimum Gasteiger partial charge on any atom is -0.480 e. The number of alkyl halides is 3. The highest BCUT2D eigenvalue weighted by atomic mass is 19.4. The SMILES string of the molecule is COc1ccc(-n2ncc(C(=O)NCc3cccc(C)c3)c2C(F)(F)F)nn1. The summed E-state index contributed by atoms with van der Waals surface area (Å²) in [5.74, 6) is -0.937. The van der Waals surface area contributed by atoms with E-state index in [9.17, 15) is 18.0 Å². The van der Waals surface area contributed by atoms with Crippen molar-refractivity contribution >= 4 is 5.91 Å². The van der Waals surface area contributed by atoms with Gasteiger partial charge in [-0.15, -0.1) is 10.2 Å². The number of aryl methyl sites for hydroxylation is 1. The molecule has 146 valence electrons. The standard InChI is InChI=1S/C18H16F3N5O2/c1-11-4-3-5-12(8-11)9-22-17(27)13-10-23-26(16(13)18(19,20)21)14-6-7-15(28-2)25-24-14/h3-8,10H,9H2,1-2H3,(H,22,27). The quantitative estimate of drug-likeness (QED) is 0.723. The number of amides is 1. The molecule has 1 amide bonds. The highest BCUT2D eigenvalue weighted by Gasteiger charge is 2.41. The largest absolute Gasteiger partial charge is 0.480 e. The summed E-state index contributed by atoms with van der Waals surface area (Å²) in [6.07, 6.45) is -3.96. The van der Waals surface area contributed by atoms with Crippen LogP contribution < -0.4 is 10.1 Å². The van der Waals surface area contributed by atoms with Crippen molar-refractivity contribution in [2.24, 2.45) is 0 Å². The van der Waals surface area contributed by atoms with Gasteiger partial charge in [-0.25, -0.2) is 4.68 Å². The molecule has 0 aliphatic rings. The Balaban J connectivity index is 1.90.